The van der Waals surface area contributed by atoms with Crippen molar-refractivity contribution in [2.24, 2.45) is 0 Å². The van der Waals surface area contributed by atoms with Gasteiger partial charge in [-0.2, -0.15) is 0 Å². The largest absolute Gasteiger partial charge is 0.373 e. The van der Waals surface area contributed by atoms with Crippen molar-refractivity contribution in [2.75, 3.05) is 30.4 Å². The topological polar surface area (TPSA) is 92.3 Å². The van der Waals surface area contributed by atoms with E-state index in [2.05, 4.69) is 15.3 Å². The molecular formula is C19H24N4O3S. The van der Waals surface area contributed by atoms with Crippen LogP contribution in [0, 0.1) is 6.92 Å². The first-order valence-corrected chi connectivity index (χ1v) is 10.8. The van der Waals surface area contributed by atoms with E-state index in [1.807, 2.05) is 32.0 Å². The zero-order valence-corrected chi connectivity index (χ0v) is 16.6. The molecule has 2 heterocycles. The number of nitrogens with zero attached hydrogens (tertiary/aromatic N) is 3. The number of carbonyl (C=O) groups is 1. The molecule has 0 unspecified atom stereocenters. The molecule has 7 nitrogen and oxygen atoms in total. The van der Waals surface area contributed by atoms with Gasteiger partial charge in [0.15, 0.2) is 15.7 Å². The van der Waals surface area contributed by atoms with Gasteiger partial charge in [-0.05, 0) is 32.4 Å². The highest BCUT2D eigenvalue weighted by atomic mass is 32.2. The van der Waals surface area contributed by atoms with Gasteiger partial charge in [-0.15, -0.1) is 0 Å². The fraction of sp³-hybridized carbons (Fsp3) is 0.421. The third-order valence-electron chi connectivity index (χ3n) is 4.75. The molecule has 144 valence electrons. The third-order valence-corrected chi connectivity index (χ3v) is 6.50. The number of sulfone groups is 1. The average Bonchev–Trinajstić information content (AvgIpc) is 3.01. The number of benzene rings is 1. The van der Waals surface area contributed by atoms with Crippen LogP contribution in [0.1, 0.15) is 29.4 Å². The van der Waals surface area contributed by atoms with Crippen LogP contribution in [0.15, 0.2) is 30.3 Å². The highest BCUT2D eigenvalue weighted by molar-refractivity contribution is 7.91. The lowest BCUT2D eigenvalue weighted by Gasteiger charge is -2.27. The minimum Gasteiger partial charge on any atom is -0.373 e. The molecule has 2 aromatic rings. The van der Waals surface area contributed by atoms with E-state index in [4.69, 9.17) is 0 Å². The molecule has 27 heavy (non-hydrogen) atoms. The predicted molar refractivity (Wildman–Crippen MR) is 106 cm³/mol. The van der Waals surface area contributed by atoms with Crippen LogP contribution < -0.4 is 5.32 Å². The third kappa shape index (κ3) is 4.27. The van der Waals surface area contributed by atoms with Crippen LogP contribution in [-0.2, 0) is 9.84 Å². The van der Waals surface area contributed by atoms with E-state index in [9.17, 15) is 13.2 Å². The molecule has 3 rings (SSSR count). The van der Waals surface area contributed by atoms with Crippen LogP contribution in [0.25, 0.3) is 11.4 Å². The normalized spacial score (nSPS) is 18.3. The molecule has 1 fully saturated rings. The number of nitrogens with one attached hydrogen (secondary N) is 1. The van der Waals surface area contributed by atoms with Gasteiger partial charge >= 0.3 is 0 Å². The Labute approximate surface area is 159 Å². The van der Waals surface area contributed by atoms with Crippen molar-refractivity contribution in [3.05, 3.63) is 41.6 Å². The van der Waals surface area contributed by atoms with Gasteiger partial charge < -0.3 is 10.2 Å². The highest BCUT2D eigenvalue weighted by Crippen LogP contribution is 2.22. The molecule has 0 saturated carbocycles. The maximum absolute atomic E-state index is 12.9. The maximum Gasteiger partial charge on any atom is 0.254 e. The fourth-order valence-electron chi connectivity index (χ4n) is 3.34. The minimum absolute atomic E-state index is 0.0502. The van der Waals surface area contributed by atoms with E-state index in [-0.39, 0.29) is 23.5 Å². The molecule has 1 amide bonds. The van der Waals surface area contributed by atoms with Crippen molar-refractivity contribution in [2.45, 2.75) is 26.3 Å². The number of carbonyl (C=O) groups excluding carboxylic acids is 1. The molecule has 0 aliphatic carbocycles. The number of rotatable bonds is 5. The second-order valence-corrected chi connectivity index (χ2v) is 8.92. The second-order valence-electron chi connectivity index (χ2n) is 6.69. The first-order valence-electron chi connectivity index (χ1n) is 8.98. The van der Waals surface area contributed by atoms with Gasteiger partial charge in [-0.25, -0.2) is 18.4 Å². The summed E-state index contributed by atoms with van der Waals surface area (Å²) >= 11 is 0. The van der Waals surface area contributed by atoms with E-state index in [0.717, 1.165) is 17.1 Å². The smallest absolute Gasteiger partial charge is 0.254 e. The Morgan fingerprint density at radius 3 is 2.52 bits per heavy atom. The van der Waals surface area contributed by atoms with Crippen molar-refractivity contribution in [3.63, 3.8) is 0 Å². The number of aryl methyl sites for hydroxylation is 1. The fourth-order valence-corrected chi connectivity index (χ4v) is 5.07. The van der Waals surface area contributed by atoms with Crippen LogP contribution >= 0.6 is 0 Å². The molecule has 1 aliphatic rings. The molecule has 1 atom stereocenters. The number of anilines is 1. The summed E-state index contributed by atoms with van der Waals surface area (Å²) in [6, 6.07) is 8.74. The van der Waals surface area contributed by atoms with Gasteiger partial charge in [0.1, 0.15) is 5.82 Å². The molecule has 0 radical (unpaired) electrons. The molecular weight excluding hydrogens is 364 g/mol. The SMILES string of the molecule is CCN(C(=O)c1ccc(-c2nc(C)cc(NC)n2)cc1)[C@@H]1CCS(=O)(=O)C1. The monoisotopic (exact) mass is 388 g/mol. The zero-order chi connectivity index (χ0) is 19.6. The van der Waals surface area contributed by atoms with Gasteiger partial charge in [0.2, 0.25) is 0 Å². The Bertz CT molecular complexity index is 942. The van der Waals surface area contributed by atoms with Crippen molar-refractivity contribution in [3.8, 4) is 11.4 Å². The Hall–Kier alpha value is -2.48. The van der Waals surface area contributed by atoms with Crippen molar-refractivity contribution >= 4 is 21.6 Å². The van der Waals surface area contributed by atoms with Crippen molar-refractivity contribution < 1.29 is 13.2 Å². The molecule has 1 aromatic heterocycles. The summed E-state index contributed by atoms with van der Waals surface area (Å²) in [6.07, 6.45) is 0.504. The lowest BCUT2D eigenvalue weighted by atomic mass is 10.1. The highest BCUT2D eigenvalue weighted by Gasteiger charge is 2.34. The Balaban J connectivity index is 1.82. The van der Waals surface area contributed by atoms with Gasteiger partial charge in [0.25, 0.3) is 5.91 Å². The number of amides is 1. The Morgan fingerprint density at radius 2 is 1.96 bits per heavy atom. The molecule has 8 heteroatoms. The van der Waals surface area contributed by atoms with E-state index < -0.39 is 9.84 Å². The summed E-state index contributed by atoms with van der Waals surface area (Å²) in [5.74, 6) is 1.38. The number of aromatic nitrogens is 2. The minimum atomic E-state index is -3.04. The van der Waals surface area contributed by atoms with E-state index >= 15 is 0 Å². The van der Waals surface area contributed by atoms with Crippen LogP contribution in [0.3, 0.4) is 0 Å². The number of hydrogen-bond donors (Lipinski definition) is 1. The molecule has 1 N–H and O–H groups in total. The molecule has 0 bridgehead atoms. The summed E-state index contributed by atoms with van der Waals surface area (Å²) in [6.45, 7) is 4.25. The Morgan fingerprint density at radius 1 is 1.26 bits per heavy atom. The van der Waals surface area contributed by atoms with Crippen LogP contribution in [0.5, 0.6) is 0 Å². The Kier molecular flexibility index (Phi) is 5.46. The van der Waals surface area contributed by atoms with E-state index in [0.29, 0.717) is 24.4 Å². The quantitative estimate of drug-likeness (QED) is 0.844. The predicted octanol–water partition coefficient (Wildman–Crippen LogP) is 2.14. The van der Waals surface area contributed by atoms with Gasteiger partial charge in [0, 0.05) is 42.5 Å². The van der Waals surface area contributed by atoms with Crippen molar-refractivity contribution in [1.29, 1.82) is 0 Å². The summed E-state index contributed by atoms with van der Waals surface area (Å²) in [4.78, 5) is 23.4. The van der Waals surface area contributed by atoms with Gasteiger partial charge in [0.05, 0.1) is 11.5 Å². The first-order chi connectivity index (χ1) is 12.8. The van der Waals surface area contributed by atoms with Crippen LogP contribution in [0.4, 0.5) is 5.82 Å². The van der Waals surface area contributed by atoms with Crippen LogP contribution in [-0.4, -0.2) is 60.3 Å². The standard InChI is InChI=1S/C19H24N4O3S/c1-4-23(16-9-10-27(25,26)12-16)19(24)15-7-5-14(6-8-15)18-21-13(2)11-17(20-3)22-18/h5-8,11,16H,4,9-10,12H2,1-3H3,(H,20,21,22)/t16-/m1/s1. The second kappa shape index (κ2) is 7.64. The van der Waals surface area contributed by atoms with Crippen LogP contribution in [0.2, 0.25) is 0 Å². The van der Waals surface area contributed by atoms with E-state index in [1.54, 1.807) is 24.1 Å². The lowest BCUT2D eigenvalue weighted by molar-refractivity contribution is 0.0708. The first kappa shape index (κ1) is 19.3. The molecule has 1 saturated heterocycles. The summed E-state index contributed by atoms with van der Waals surface area (Å²) in [5, 5.41) is 3.01. The molecule has 1 aliphatic heterocycles. The molecule has 0 spiro atoms. The lowest BCUT2D eigenvalue weighted by Crippen LogP contribution is -2.40. The zero-order valence-electron chi connectivity index (χ0n) is 15.8. The average molecular weight is 388 g/mol. The van der Waals surface area contributed by atoms with Gasteiger partial charge in [-0.3, -0.25) is 4.79 Å². The summed E-state index contributed by atoms with van der Waals surface area (Å²) in [5.41, 5.74) is 2.20. The molecule has 1 aromatic carbocycles. The van der Waals surface area contributed by atoms with Crippen molar-refractivity contribution in [1.82, 2.24) is 14.9 Å². The van der Waals surface area contributed by atoms with E-state index in [1.165, 1.54) is 0 Å². The maximum atomic E-state index is 12.9. The summed E-state index contributed by atoms with van der Waals surface area (Å²) < 4.78 is 23.5. The summed E-state index contributed by atoms with van der Waals surface area (Å²) in [7, 11) is -1.23. The number of hydrogen-bond acceptors (Lipinski definition) is 6. The van der Waals surface area contributed by atoms with Gasteiger partial charge in [-0.1, -0.05) is 12.1 Å².